The monoisotopic (exact) mass is 289 g/mol. The van der Waals surface area contributed by atoms with Crippen molar-refractivity contribution in [1.29, 1.82) is 0 Å². The molecule has 0 saturated heterocycles. The molecule has 1 aromatic carbocycles. The van der Waals surface area contributed by atoms with Gasteiger partial charge in [0.25, 0.3) is 5.91 Å². The molecule has 0 aromatic heterocycles. The molecular formula is C17H27N3O. The van der Waals surface area contributed by atoms with Gasteiger partial charge in [-0.05, 0) is 48.3 Å². The number of primary amides is 1. The van der Waals surface area contributed by atoms with Gasteiger partial charge in [0.2, 0.25) is 0 Å². The first-order valence-corrected chi connectivity index (χ1v) is 7.54. The molecule has 4 heteroatoms. The predicted octanol–water partition coefficient (Wildman–Crippen LogP) is 3.38. The van der Waals surface area contributed by atoms with Crippen LogP contribution in [0.3, 0.4) is 0 Å². The molecule has 0 spiro atoms. The lowest BCUT2D eigenvalue weighted by Gasteiger charge is -2.45. The molecule has 116 valence electrons. The maximum atomic E-state index is 11.6. The summed E-state index contributed by atoms with van der Waals surface area (Å²) in [6.07, 6.45) is 3.38. The van der Waals surface area contributed by atoms with E-state index in [1.165, 1.54) is 6.42 Å². The molecule has 2 rings (SSSR count). The molecular weight excluding hydrogens is 262 g/mol. The second-order valence-corrected chi connectivity index (χ2v) is 7.92. The van der Waals surface area contributed by atoms with Gasteiger partial charge in [0.1, 0.15) is 0 Å². The summed E-state index contributed by atoms with van der Waals surface area (Å²) >= 11 is 0. The van der Waals surface area contributed by atoms with Crippen molar-refractivity contribution in [1.82, 2.24) is 0 Å². The van der Waals surface area contributed by atoms with Crippen LogP contribution in [-0.4, -0.2) is 11.9 Å². The zero-order chi connectivity index (χ0) is 15.8. The van der Waals surface area contributed by atoms with Gasteiger partial charge in [-0.2, -0.15) is 0 Å². The molecule has 4 nitrogen and oxygen atoms in total. The summed E-state index contributed by atoms with van der Waals surface area (Å²) in [6.45, 7) is 9.22. The van der Waals surface area contributed by atoms with Crippen molar-refractivity contribution in [2.24, 2.45) is 16.6 Å². The van der Waals surface area contributed by atoms with Crippen LogP contribution < -0.4 is 16.8 Å². The Bertz CT molecular complexity index is 533. The second kappa shape index (κ2) is 5.24. The average Bonchev–Trinajstić information content (AvgIpc) is 2.27. The van der Waals surface area contributed by atoms with E-state index in [1.807, 2.05) is 6.07 Å². The van der Waals surface area contributed by atoms with Gasteiger partial charge >= 0.3 is 0 Å². The van der Waals surface area contributed by atoms with E-state index in [4.69, 9.17) is 11.5 Å². The first kappa shape index (κ1) is 15.7. The van der Waals surface area contributed by atoms with Gasteiger partial charge in [0.15, 0.2) is 0 Å². The normalized spacial score (nSPS) is 21.0. The Balaban J connectivity index is 2.24. The lowest BCUT2D eigenvalue weighted by Crippen LogP contribution is -2.40. The van der Waals surface area contributed by atoms with E-state index in [0.29, 0.717) is 28.1 Å². The Morgan fingerprint density at radius 2 is 1.76 bits per heavy atom. The fourth-order valence-corrected chi connectivity index (χ4v) is 4.06. The molecule has 1 amide bonds. The summed E-state index contributed by atoms with van der Waals surface area (Å²) in [4.78, 5) is 11.6. The zero-order valence-corrected chi connectivity index (χ0v) is 13.5. The standard InChI is InChI=1S/C17H27N3O/c1-16(2)8-12(9-17(3,4)10-16)20-14-6-5-11(18)7-13(14)15(19)21/h5-7,12,20H,8-10,18H2,1-4H3,(H2,19,21). The molecule has 0 bridgehead atoms. The van der Waals surface area contributed by atoms with Crippen LogP contribution in [0.2, 0.25) is 0 Å². The Hall–Kier alpha value is -1.71. The van der Waals surface area contributed by atoms with Gasteiger partial charge in [-0.25, -0.2) is 0 Å². The maximum Gasteiger partial charge on any atom is 0.250 e. The van der Waals surface area contributed by atoms with E-state index < -0.39 is 5.91 Å². The van der Waals surface area contributed by atoms with Crippen LogP contribution in [0.5, 0.6) is 0 Å². The highest BCUT2D eigenvalue weighted by molar-refractivity contribution is 5.99. The molecule has 0 aliphatic heterocycles. The Morgan fingerprint density at radius 3 is 2.29 bits per heavy atom. The van der Waals surface area contributed by atoms with Crippen molar-refractivity contribution in [3.63, 3.8) is 0 Å². The van der Waals surface area contributed by atoms with Crippen molar-refractivity contribution in [2.45, 2.75) is 53.0 Å². The summed E-state index contributed by atoms with van der Waals surface area (Å²) in [5, 5.41) is 3.51. The van der Waals surface area contributed by atoms with Crippen LogP contribution in [0.15, 0.2) is 18.2 Å². The highest BCUT2D eigenvalue weighted by Gasteiger charge is 2.38. The highest BCUT2D eigenvalue weighted by atomic mass is 16.1. The van der Waals surface area contributed by atoms with Crippen molar-refractivity contribution >= 4 is 17.3 Å². The van der Waals surface area contributed by atoms with Crippen molar-refractivity contribution in [3.8, 4) is 0 Å². The van der Waals surface area contributed by atoms with E-state index in [1.54, 1.807) is 12.1 Å². The predicted molar refractivity (Wildman–Crippen MR) is 88.2 cm³/mol. The molecule has 1 aromatic rings. The van der Waals surface area contributed by atoms with Crippen LogP contribution in [0, 0.1) is 10.8 Å². The molecule has 5 N–H and O–H groups in total. The van der Waals surface area contributed by atoms with E-state index >= 15 is 0 Å². The number of amides is 1. The molecule has 1 fully saturated rings. The SMILES string of the molecule is CC1(C)CC(Nc2ccc(N)cc2C(N)=O)CC(C)(C)C1. The number of carbonyl (C=O) groups excluding carboxylic acids is 1. The number of anilines is 2. The van der Waals surface area contributed by atoms with Gasteiger partial charge in [-0.3, -0.25) is 4.79 Å². The topological polar surface area (TPSA) is 81.1 Å². The van der Waals surface area contributed by atoms with Gasteiger partial charge < -0.3 is 16.8 Å². The maximum absolute atomic E-state index is 11.6. The van der Waals surface area contributed by atoms with E-state index in [0.717, 1.165) is 18.5 Å². The minimum atomic E-state index is -0.445. The van der Waals surface area contributed by atoms with Crippen LogP contribution >= 0.6 is 0 Å². The summed E-state index contributed by atoms with van der Waals surface area (Å²) in [5.74, 6) is -0.445. The van der Waals surface area contributed by atoms with Crippen molar-refractivity contribution in [3.05, 3.63) is 23.8 Å². The van der Waals surface area contributed by atoms with Crippen molar-refractivity contribution < 1.29 is 4.79 Å². The number of hydrogen-bond acceptors (Lipinski definition) is 3. The molecule has 0 heterocycles. The van der Waals surface area contributed by atoms with E-state index in [2.05, 4.69) is 33.0 Å². The van der Waals surface area contributed by atoms with Crippen LogP contribution in [0.4, 0.5) is 11.4 Å². The number of nitrogens with two attached hydrogens (primary N) is 2. The second-order valence-electron chi connectivity index (χ2n) is 7.92. The van der Waals surface area contributed by atoms with Gasteiger partial charge in [0.05, 0.1) is 5.56 Å². The molecule has 1 saturated carbocycles. The number of carbonyl (C=O) groups is 1. The van der Waals surface area contributed by atoms with Gasteiger partial charge in [-0.1, -0.05) is 27.7 Å². The van der Waals surface area contributed by atoms with Crippen LogP contribution in [0.25, 0.3) is 0 Å². The molecule has 0 unspecified atom stereocenters. The summed E-state index contributed by atoms with van der Waals surface area (Å²) in [7, 11) is 0. The third-order valence-corrected chi connectivity index (χ3v) is 4.22. The number of nitrogens with one attached hydrogen (secondary N) is 1. The molecule has 0 radical (unpaired) electrons. The quantitative estimate of drug-likeness (QED) is 0.746. The Labute approximate surface area is 127 Å². The minimum absolute atomic E-state index is 0.292. The number of nitrogen functional groups attached to an aromatic ring is 1. The van der Waals surface area contributed by atoms with Crippen molar-refractivity contribution in [2.75, 3.05) is 11.1 Å². The number of benzene rings is 1. The highest BCUT2D eigenvalue weighted by Crippen LogP contribution is 2.46. The summed E-state index contributed by atoms with van der Waals surface area (Å²) in [6, 6.07) is 5.63. The zero-order valence-electron chi connectivity index (χ0n) is 13.5. The van der Waals surface area contributed by atoms with E-state index in [9.17, 15) is 4.79 Å². The molecule has 1 aliphatic rings. The van der Waals surface area contributed by atoms with E-state index in [-0.39, 0.29) is 0 Å². The Morgan fingerprint density at radius 1 is 1.19 bits per heavy atom. The smallest absolute Gasteiger partial charge is 0.250 e. The Kier molecular flexibility index (Phi) is 3.91. The fourth-order valence-electron chi connectivity index (χ4n) is 4.06. The molecule has 0 atom stereocenters. The first-order valence-electron chi connectivity index (χ1n) is 7.54. The molecule has 1 aliphatic carbocycles. The number of rotatable bonds is 3. The lowest BCUT2D eigenvalue weighted by atomic mass is 9.63. The first-order chi connectivity index (χ1) is 9.58. The minimum Gasteiger partial charge on any atom is -0.399 e. The average molecular weight is 289 g/mol. The van der Waals surface area contributed by atoms with Crippen LogP contribution in [-0.2, 0) is 0 Å². The third kappa shape index (κ3) is 3.90. The largest absolute Gasteiger partial charge is 0.399 e. The number of hydrogen-bond donors (Lipinski definition) is 3. The summed E-state index contributed by atoms with van der Waals surface area (Å²) < 4.78 is 0. The van der Waals surface area contributed by atoms with Crippen LogP contribution in [0.1, 0.15) is 57.3 Å². The third-order valence-electron chi connectivity index (χ3n) is 4.22. The molecule has 21 heavy (non-hydrogen) atoms. The van der Waals surface area contributed by atoms with Gasteiger partial charge in [0, 0.05) is 17.4 Å². The summed E-state index contributed by atoms with van der Waals surface area (Å²) in [5.41, 5.74) is 13.6. The fraction of sp³-hybridized carbons (Fsp3) is 0.588. The van der Waals surface area contributed by atoms with Gasteiger partial charge in [-0.15, -0.1) is 0 Å². The lowest BCUT2D eigenvalue weighted by molar-refractivity contribution is 0.1000.